The highest BCUT2D eigenvalue weighted by atomic mass is 16.5. The Morgan fingerprint density at radius 2 is 1.69 bits per heavy atom. The van der Waals surface area contributed by atoms with Gasteiger partial charge in [0.05, 0.1) is 27.0 Å². The molecule has 190 valence electrons. The lowest BCUT2D eigenvalue weighted by Crippen LogP contribution is -2.38. The van der Waals surface area contributed by atoms with E-state index in [4.69, 9.17) is 14.2 Å². The van der Waals surface area contributed by atoms with Gasteiger partial charge in [-0.05, 0) is 42.3 Å². The van der Waals surface area contributed by atoms with E-state index < -0.39 is 0 Å². The number of amides is 2. The predicted molar refractivity (Wildman–Crippen MR) is 132 cm³/mol. The smallest absolute Gasteiger partial charge is 0.255 e. The van der Waals surface area contributed by atoms with Crippen LogP contribution in [0.2, 0.25) is 0 Å². The Hall–Kier alpha value is -4.15. The predicted octanol–water partition coefficient (Wildman–Crippen LogP) is 3.07. The molecule has 0 radical (unpaired) electrons. The van der Waals surface area contributed by atoms with E-state index in [1.165, 1.54) is 32.5 Å². The summed E-state index contributed by atoms with van der Waals surface area (Å²) in [4.78, 5) is 26.8. The highest BCUT2D eigenvalue weighted by molar-refractivity contribution is 6.06. The molecule has 1 saturated carbocycles. The number of ether oxygens (including phenoxy) is 3. The van der Waals surface area contributed by atoms with E-state index >= 15 is 0 Å². The fraction of sp³-hybridized carbons (Fsp3) is 0.400. The number of nitrogens with zero attached hydrogens (tertiary/aromatic N) is 4. The SMILES string of the molecule is COc1cc(C(=O)Nc2ccccc2-c2nnn(CC(=O)NC3CCCCC3)n2)cc(OC)c1OC. The number of tetrazole rings is 1. The molecule has 1 fully saturated rings. The second kappa shape index (κ2) is 11.5. The highest BCUT2D eigenvalue weighted by Crippen LogP contribution is 2.38. The standard InChI is InChI=1S/C25H30N6O5/c1-34-20-13-16(14-21(35-2)23(20)36-3)25(33)27-19-12-8-7-11-18(19)24-28-30-31(29-24)15-22(32)26-17-9-5-4-6-10-17/h7-8,11-14,17H,4-6,9-10,15H2,1-3H3,(H,26,32)(H,27,33). The quantitative estimate of drug-likeness (QED) is 0.464. The van der Waals surface area contributed by atoms with Crippen LogP contribution in [0, 0.1) is 0 Å². The zero-order valence-electron chi connectivity index (χ0n) is 20.6. The molecule has 3 aromatic rings. The summed E-state index contributed by atoms with van der Waals surface area (Å²) in [6, 6.07) is 10.4. The third-order valence-electron chi connectivity index (χ3n) is 6.05. The number of carbonyl (C=O) groups excluding carboxylic acids is 2. The zero-order chi connectivity index (χ0) is 25.5. The van der Waals surface area contributed by atoms with Crippen molar-refractivity contribution in [2.45, 2.75) is 44.7 Å². The molecule has 11 nitrogen and oxygen atoms in total. The van der Waals surface area contributed by atoms with Crippen molar-refractivity contribution in [3.63, 3.8) is 0 Å². The van der Waals surface area contributed by atoms with Crippen molar-refractivity contribution in [2.24, 2.45) is 0 Å². The minimum absolute atomic E-state index is 0.0243. The van der Waals surface area contributed by atoms with Gasteiger partial charge in [0.25, 0.3) is 5.91 Å². The number of rotatable bonds is 9. The second-order valence-electron chi connectivity index (χ2n) is 8.46. The monoisotopic (exact) mass is 494 g/mol. The van der Waals surface area contributed by atoms with Crippen molar-refractivity contribution in [3.05, 3.63) is 42.0 Å². The van der Waals surface area contributed by atoms with Crippen LogP contribution in [0.1, 0.15) is 42.5 Å². The van der Waals surface area contributed by atoms with Gasteiger partial charge in [0.1, 0.15) is 6.54 Å². The van der Waals surface area contributed by atoms with Gasteiger partial charge in [0.15, 0.2) is 11.5 Å². The van der Waals surface area contributed by atoms with E-state index in [9.17, 15) is 9.59 Å². The van der Waals surface area contributed by atoms with Crippen molar-refractivity contribution in [2.75, 3.05) is 26.6 Å². The van der Waals surface area contributed by atoms with Gasteiger partial charge in [0, 0.05) is 17.2 Å². The number of para-hydroxylation sites is 1. The molecule has 1 aromatic heterocycles. The molecule has 1 aliphatic carbocycles. The number of methoxy groups -OCH3 is 3. The van der Waals surface area contributed by atoms with E-state index in [0.717, 1.165) is 25.7 Å². The molecular formula is C25H30N6O5. The Morgan fingerprint density at radius 3 is 2.36 bits per heavy atom. The van der Waals surface area contributed by atoms with Crippen molar-refractivity contribution >= 4 is 17.5 Å². The maximum absolute atomic E-state index is 13.1. The first-order valence-corrected chi connectivity index (χ1v) is 11.8. The second-order valence-corrected chi connectivity index (χ2v) is 8.46. The summed E-state index contributed by atoms with van der Waals surface area (Å²) in [5.41, 5.74) is 1.37. The number of carbonyl (C=O) groups is 2. The van der Waals surface area contributed by atoms with E-state index in [1.54, 1.807) is 36.4 Å². The van der Waals surface area contributed by atoms with Gasteiger partial charge in [-0.2, -0.15) is 4.80 Å². The van der Waals surface area contributed by atoms with Crippen LogP contribution in [-0.2, 0) is 11.3 Å². The first-order valence-electron chi connectivity index (χ1n) is 11.8. The van der Waals surface area contributed by atoms with Gasteiger partial charge in [0.2, 0.25) is 17.5 Å². The molecule has 1 aliphatic rings. The molecule has 2 N–H and O–H groups in total. The molecule has 4 rings (SSSR count). The molecular weight excluding hydrogens is 464 g/mol. The molecule has 0 bridgehead atoms. The zero-order valence-corrected chi connectivity index (χ0v) is 20.6. The van der Waals surface area contributed by atoms with Gasteiger partial charge in [-0.3, -0.25) is 9.59 Å². The van der Waals surface area contributed by atoms with Crippen LogP contribution in [0.3, 0.4) is 0 Å². The van der Waals surface area contributed by atoms with E-state index in [2.05, 4.69) is 26.0 Å². The first kappa shape index (κ1) is 25.0. The molecule has 1 heterocycles. The Morgan fingerprint density at radius 1 is 1.00 bits per heavy atom. The van der Waals surface area contributed by atoms with E-state index in [0.29, 0.717) is 39.9 Å². The lowest BCUT2D eigenvalue weighted by molar-refractivity contribution is -0.123. The molecule has 0 saturated heterocycles. The Labute approximate surface area is 209 Å². The van der Waals surface area contributed by atoms with Crippen LogP contribution >= 0.6 is 0 Å². The Bertz CT molecular complexity index is 1200. The third-order valence-corrected chi connectivity index (χ3v) is 6.05. The Kier molecular flexibility index (Phi) is 7.99. The summed E-state index contributed by atoms with van der Waals surface area (Å²) in [6.45, 7) is -0.0243. The molecule has 11 heteroatoms. The number of hydrogen-bond acceptors (Lipinski definition) is 8. The van der Waals surface area contributed by atoms with Crippen LogP contribution < -0.4 is 24.8 Å². The maximum Gasteiger partial charge on any atom is 0.255 e. The number of hydrogen-bond donors (Lipinski definition) is 2. The van der Waals surface area contributed by atoms with Crippen LogP contribution in [0.5, 0.6) is 17.2 Å². The molecule has 2 amide bonds. The highest BCUT2D eigenvalue weighted by Gasteiger charge is 2.20. The minimum atomic E-state index is -0.388. The molecule has 0 spiro atoms. The Balaban J connectivity index is 1.49. The van der Waals surface area contributed by atoms with Gasteiger partial charge < -0.3 is 24.8 Å². The fourth-order valence-corrected chi connectivity index (χ4v) is 4.26. The van der Waals surface area contributed by atoms with E-state index in [1.807, 2.05) is 0 Å². The van der Waals surface area contributed by atoms with Crippen LogP contribution in [-0.4, -0.2) is 59.4 Å². The number of benzene rings is 2. The molecule has 0 atom stereocenters. The normalized spacial score (nSPS) is 13.6. The fourth-order valence-electron chi connectivity index (χ4n) is 4.26. The summed E-state index contributed by atoms with van der Waals surface area (Å²) in [5, 5.41) is 18.4. The van der Waals surface area contributed by atoms with Crippen molar-refractivity contribution < 1.29 is 23.8 Å². The lowest BCUT2D eigenvalue weighted by Gasteiger charge is -2.22. The van der Waals surface area contributed by atoms with Crippen LogP contribution in [0.4, 0.5) is 5.69 Å². The summed E-state index contributed by atoms with van der Waals surface area (Å²) < 4.78 is 16.0. The molecule has 0 unspecified atom stereocenters. The summed E-state index contributed by atoms with van der Waals surface area (Å²) >= 11 is 0. The van der Waals surface area contributed by atoms with Crippen LogP contribution in [0.25, 0.3) is 11.4 Å². The average molecular weight is 495 g/mol. The van der Waals surface area contributed by atoms with Crippen molar-refractivity contribution in [3.8, 4) is 28.6 Å². The van der Waals surface area contributed by atoms with Gasteiger partial charge >= 0.3 is 0 Å². The number of aromatic nitrogens is 4. The summed E-state index contributed by atoms with van der Waals surface area (Å²) in [7, 11) is 4.47. The largest absolute Gasteiger partial charge is 0.493 e. The summed E-state index contributed by atoms with van der Waals surface area (Å²) in [6.07, 6.45) is 5.49. The topological polar surface area (TPSA) is 129 Å². The van der Waals surface area contributed by atoms with Crippen LogP contribution in [0.15, 0.2) is 36.4 Å². The first-order chi connectivity index (χ1) is 17.5. The van der Waals surface area contributed by atoms with Gasteiger partial charge in [-0.25, -0.2) is 0 Å². The van der Waals surface area contributed by atoms with Gasteiger partial charge in [-0.1, -0.05) is 31.4 Å². The van der Waals surface area contributed by atoms with Crippen molar-refractivity contribution in [1.82, 2.24) is 25.5 Å². The molecule has 2 aromatic carbocycles. The number of nitrogens with one attached hydrogen (secondary N) is 2. The minimum Gasteiger partial charge on any atom is -0.493 e. The maximum atomic E-state index is 13.1. The van der Waals surface area contributed by atoms with Crippen molar-refractivity contribution in [1.29, 1.82) is 0 Å². The number of anilines is 1. The summed E-state index contributed by atoms with van der Waals surface area (Å²) in [5.74, 6) is 0.889. The third kappa shape index (κ3) is 5.73. The van der Waals surface area contributed by atoms with Gasteiger partial charge in [-0.15, -0.1) is 10.2 Å². The molecule has 36 heavy (non-hydrogen) atoms. The lowest BCUT2D eigenvalue weighted by atomic mass is 9.95. The van der Waals surface area contributed by atoms with E-state index in [-0.39, 0.29) is 24.4 Å². The average Bonchev–Trinajstić information content (AvgIpc) is 3.36. The molecule has 0 aliphatic heterocycles.